The summed E-state index contributed by atoms with van der Waals surface area (Å²) >= 11 is 0. The fourth-order valence-electron chi connectivity index (χ4n) is 6.27. The molecule has 0 saturated carbocycles. The first-order valence-electron chi connectivity index (χ1n) is 14.6. The Balaban J connectivity index is 1.46. The molecular weight excluding hydrogens is 540 g/mol. The van der Waals surface area contributed by atoms with Crippen molar-refractivity contribution in [3.63, 3.8) is 0 Å². The predicted molar refractivity (Wildman–Crippen MR) is 178 cm³/mol. The van der Waals surface area contributed by atoms with Gasteiger partial charge in [0.05, 0.1) is 16.4 Å². The van der Waals surface area contributed by atoms with Gasteiger partial charge < -0.3 is 4.42 Å². The summed E-state index contributed by atoms with van der Waals surface area (Å²) in [6, 6.07) is 49.6. The Labute approximate surface area is 252 Å². The van der Waals surface area contributed by atoms with Crippen LogP contribution in [0.2, 0.25) is 0 Å². The van der Waals surface area contributed by atoms with Crippen molar-refractivity contribution in [3.05, 3.63) is 146 Å². The molecule has 44 heavy (non-hydrogen) atoms. The quantitative estimate of drug-likeness (QED) is 0.213. The van der Waals surface area contributed by atoms with Crippen LogP contribution in [0, 0.1) is 0 Å². The van der Waals surface area contributed by atoms with E-state index in [0.29, 0.717) is 17.6 Å². The number of aromatic nitrogens is 4. The van der Waals surface area contributed by atoms with Crippen molar-refractivity contribution in [1.82, 2.24) is 19.5 Å². The van der Waals surface area contributed by atoms with Crippen LogP contribution in [0.3, 0.4) is 0 Å². The first-order chi connectivity index (χ1) is 21.8. The van der Waals surface area contributed by atoms with Gasteiger partial charge >= 0.3 is 0 Å². The zero-order valence-corrected chi connectivity index (χ0v) is 23.6. The Morgan fingerprint density at radius 3 is 1.68 bits per heavy atom. The third-order valence-corrected chi connectivity index (χ3v) is 8.25. The van der Waals surface area contributed by atoms with E-state index in [1.54, 1.807) is 0 Å². The third kappa shape index (κ3) is 3.76. The molecule has 6 aromatic carbocycles. The van der Waals surface area contributed by atoms with Crippen LogP contribution in [-0.4, -0.2) is 19.5 Å². The van der Waals surface area contributed by atoms with Crippen LogP contribution < -0.4 is 0 Å². The van der Waals surface area contributed by atoms with Crippen LogP contribution in [0.25, 0.3) is 83.6 Å². The molecule has 0 aliphatic carbocycles. The van der Waals surface area contributed by atoms with Gasteiger partial charge in [0.1, 0.15) is 11.2 Å². The van der Waals surface area contributed by atoms with Crippen LogP contribution in [-0.2, 0) is 0 Å². The molecule has 0 bridgehead atoms. The Morgan fingerprint density at radius 2 is 1.02 bits per heavy atom. The lowest BCUT2D eigenvalue weighted by Crippen LogP contribution is -2.06. The normalized spacial score (nSPS) is 11.6. The number of hydrogen-bond acceptors (Lipinski definition) is 4. The minimum absolute atomic E-state index is 0.558. The standard InChI is InChI=1S/C39H24N4O/c1-4-14-25(15-5-1)30-24-31-28-20-10-12-22-32(28)43(35(31)34-29-21-11-13-23-33(29)44-36(30)34)39-41-37(26-16-6-2-7-17-26)40-38(42-39)27-18-8-3-9-19-27/h1-24H. The van der Waals surface area contributed by atoms with Crippen LogP contribution in [0.4, 0.5) is 0 Å². The molecule has 9 aromatic rings. The molecule has 0 fully saturated rings. The van der Waals surface area contributed by atoms with E-state index in [9.17, 15) is 0 Å². The maximum atomic E-state index is 6.65. The molecule has 0 saturated heterocycles. The molecule has 0 atom stereocenters. The van der Waals surface area contributed by atoms with Crippen molar-refractivity contribution < 1.29 is 4.42 Å². The maximum Gasteiger partial charge on any atom is 0.238 e. The highest BCUT2D eigenvalue weighted by Crippen LogP contribution is 2.45. The molecule has 0 unspecified atom stereocenters. The molecule has 5 heteroatoms. The minimum atomic E-state index is 0.558. The van der Waals surface area contributed by atoms with Crippen LogP contribution >= 0.6 is 0 Å². The second-order valence-corrected chi connectivity index (χ2v) is 10.9. The summed E-state index contributed by atoms with van der Waals surface area (Å²) in [7, 11) is 0. The summed E-state index contributed by atoms with van der Waals surface area (Å²) in [5.74, 6) is 1.80. The van der Waals surface area contributed by atoms with Crippen LogP contribution in [0.5, 0.6) is 0 Å². The van der Waals surface area contributed by atoms with Gasteiger partial charge in [0.15, 0.2) is 11.6 Å². The van der Waals surface area contributed by atoms with Gasteiger partial charge in [-0.3, -0.25) is 4.57 Å². The first-order valence-corrected chi connectivity index (χ1v) is 14.6. The molecule has 9 rings (SSSR count). The van der Waals surface area contributed by atoms with Crippen molar-refractivity contribution in [3.8, 4) is 39.9 Å². The highest BCUT2D eigenvalue weighted by atomic mass is 16.3. The van der Waals surface area contributed by atoms with Crippen molar-refractivity contribution in [2.45, 2.75) is 0 Å². The summed E-state index contributed by atoms with van der Waals surface area (Å²) < 4.78 is 8.84. The summed E-state index contributed by atoms with van der Waals surface area (Å²) in [6.07, 6.45) is 0. The molecule has 0 aliphatic rings. The van der Waals surface area contributed by atoms with E-state index >= 15 is 0 Å². The Hall–Kier alpha value is -6.07. The zero-order chi connectivity index (χ0) is 29.0. The molecule has 0 radical (unpaired) electrons. The van der Waals surface area contributed by atoms with E-state index in [4.69, 9.17) is 19.4 Å². The zero-order valence-electron chi connectivity index (χ0n) is 23.6. The molecule has 0 spiro atoms. The lowest BCUT2D eigenvalue weighted by molar-refractivity contribution is 0.670. The van der Waals surface area contributed by atoms with E-state index < -0.39 is 0 Å². The molecule has 0 N–H and O–H groups in total. The number of para-hydroxylation sites is 2. The number of fused-ring (bicyclic) bond motifs is 7. The van der Waals surface area contributed by atoms with E-state index in [-0.39, 0.29) is 0 Å². The van der Waals surface area contributed by atoms with Gasteiger partial charge in [-0.05, 0) is 23.8 Å². The summed E-state index contributed by atoms with van der Waals surface area (Å²) in [5.41, 5.74) is 7.73. The first kappa shape index (κ1) is 24.5. The van der Waals surface area contributed by atoms with Gasteiger partial charge in [-0.15, -0.1) is 0 Å². The van der Waals surface area contributed by atoms with E-state index in [1.165, 1.54) is 0 Å². The minimum Gasteiger partial charge on any atom is -0.455 e. The smallest absolute Gasteiger partial charge is 0.238 e. The number of furan rings is 1. The number of nitrogens with zero attached hydrogens (tertiary/aromatic N) is 4. The topological polar surface area (TPSA) is 56.7 Å². The lowest BCUT2D eigenvalue weighted by atomic mass is 9.98. The van der Waals surface area contributed by atoms with Gasteiger partial charge in [0.25, 0.3) is 0 Å². The van der Waals surface area contributed by atoms with E-state index in [2.05, 4.69) is 71.3 Å². The Bertz CT molecular complexity index is 2420. The average molecular weight is 565 g/mol. The molecule has 0 aliphatic heterocycles. The van der Waals surface area contributed by atoms with Gasteiger partial charge in [-0.25, -0.2) is 4.98 Å². The van der Waals surface area contributed by atoms with Gasteiger partial charge in [0, 0.05) is 32.8 Å². The SMILES string of the molecule is c1ccc(-c2nc(-c3ccccc3)nc(-n3c4ccccc4c4cc(-c5ccccc5)c5oc6ccccc6c5c43)n2)cc1. The molecule has 0 amide bonds. The Morgan fingerprint density at radius 1 is 0.477 bits per heavy atom. The second-order valence-electron chi connectivity index (χ2n) is 10.9. The molecule has 206 valence electrons. The van der Waals surface area contributed by atoms with Crippen molar-refractivity contribution in [2.24, 2.45) is 0 Å². The van der Waals surface area contributed by atoms with Gasteiger partial charge in [-0.1, -0.05) is 127 Å². The fourth-order valence-corrected chi connectivity index (χ4v) is 6.27. The number of rotatable bonds is 4. The average Bonchev–Trinajstić information content (AvgIpc) is 3.65. The molecule has 5 nitrogen and oxygen atoms in total. The van der Waals surface area contributed by atoms with Crippen molar-refractivity contribution in [2.75, 3.05) is 0 Å². The summed E-state index contributed by atoms with van der Waals surface area (Å²) in [5, 5.41) is 4.32. The monoisotopic (exact) mass is 564 g/mol. The molecular formula is C39H24N4O. The largest absolute Gasteiger partial charge is 0.455 e. The Kier molecular flexibility index (Phi) is 5.43. The van der Waals surface area contributed by atoms with E-state index in [0.717, 1.165) is 66.0 Å². The highest BCUT2D eigenvalue weighted by molar-refractivity contribution is 6.27. The van der Waals surface area contributed by atoms with E-state index in [1.807, 2.05) is 78.9 Å². The summed E-state index contributed by atoms with van der Waals surface area (Å²) in [4.78, 5) is 15.2. The van der Waals surface area contributed by atoms with Gasteiger partial charge in [0.2, 0.25) is 5.95 Å². The maximum absolute atomic E-state index is 6.65. The number of hydrogen-bond donors (Lipinski definition) is 0. The third-order valence-electron chi connectivity index (χ3n) is 8.25. The highest BCUT2D eigenvalue weighted by Gasteiger charge is 2.24. The van der Waals surface area contributed by atoms with Gasteiger partial charge in [-0.2, -0.15) is 9.97 Å². The van der Waals surface area contributed by atoms with Crippen LogP contribution in [0.15, 0.2) is 150 Å². The fraction of sp³-hybridized carbons (Fsp3) is 0. The van der Waals surface area contributed by atoms with Crippen molar-refractivity contribution in [1.29, 1.82) is 0 Å². The van der Waals surface area contributed by atoms with Crippen molar-refractivity contribution >= 4 is 43.7 Å². The second kappa shape index (κ2) is 9.75. The lowest BCUT2D eigenvalue weighted by Gasteiger charge is -2.12. The van der Waals surface area contributed by atoms with Crippen LogP contribution in [0.1, 0.15) is 0 Å². The number of benzene rings is 6. The molecule has 3 aromatic heterocycles. The summed E-state index contributed by atoms with van der Waals surface area (Å²) in [6.45, 7) is 0. The molecule has 3 heterocycles. The predicted octanol–water partition coefficient (Wildman–Crippen LogP) is 9.87.